The van der Waals surface area contributed by atoms with Crippen molar-refractivity contribution in [3.05, 3.63) is 35.1 Å². The summed E-state index contributed by atoms with van der Waals surface area (Å²) >= 11 is 0. The fourth-order valence-electron chi connectivity index (χ4n) is 1.91. The Morgan fingerprint density at radius 1 is 1.43 bits per heavy atom. The molecule has 1 aliphatic carbocycles. The maximum Gasteiger partial charge on any atom is 0.131 e. The molecule has 1 aromatic carbocycles. The molecule has 0 saturated heterocycles. The first-order chi connectivity index (χ1) is 6.70. The summed E-state index contributed by atoms with van der Waals surface area (Å²) in [6, 6.07) is 5.22. The van der Waals surface area contributed by atoms with E-state index >= 15 is 0 Å². The van der Waals surface area contributed by atoms with Gasteiger partial charge in [0.1, 0.15) is 5.82 Å². The molecule has 14 heavy (non-hydrogen) atoms. The maximum absolute atomic E-state index is 13.6. The van der Waals surface area contributed by atoms with E-state index in [1.165, 1.54) is 0 Å². The van der Waals surface area contributed by atoms with E-state index in [4.69, 9.17) is 0 Å². The molecule has 1 aromatic rings. The van der Waals surface area contributed by atoms with Crippen LogP contribution in [0.15, 0.2) is 18.2 Å². The highest BCUT2D eigenvalue weighted by Crippen LogP contribution is 2.38. The zero-order valence-corrected chi connectivity index (χ0v) is 8.33. The molecular formula is C12H15FO. The fourth-order valence-corrected chi connectivity index (χ4v) is 1.91. The topological polar surface area (TPSA) is 20.2 Å². The number of aliphatic hydroxyl groups is 1. The minimum atomic E-state index is -0.608. The summed E-state index contributed by atoms with van der Waals surface area (Å²) in [4.78, 5) is 0. The van der Waals surface area contributed by atoms with Crippen molar-refractivity contribution in [3.8, 4) is 0 Å². The molecule has 1 unspecified atom stereocenters. The molecule has 0 aromatic heterocycles. The van der Waals surface area contributed by atoms with Gasteiger partial charge in [-0.3, -0.25) is 0 Å². The second-order valence-corrected chi connectivity index (χ2v) is 4.11. The summed E-state index contributed by atoms with van der Waals surface area (Å²) in [5.74, 6) is 0.0261. The Labute approximate surface area is 83.6 Å². The Balaban J connectivity index is 2.26. The van der Waals surface area contributed by atoms with Gasteiger partial charge in [0.2, 0.25) is 0 Å². The summed E-state index contributed by atoms with van der Waals surface area (Å²) in [6.07, 6.45) is 2.60. The van der Waals surface area contributed by atoms with Gasteiger partial charge in [0, 0.05) is 5.56 Å². The smallest absolute Gasteiger partial charge is 0.131 e. The zero-order valence-electron chi connectivity index (χ0n) is 8.33. The number of aliphatic hydroxyl groups excluding tert-OH is 1. The Bertz CT molecular complexity index is 331. The van der Waals surface area contributed by atoms with E-state index in [-0.39, 0.29) is 11.7 Å². The van der Waals surface area contributed by atoms with Gasteiger partial charge in [-0.25, -0.2) is 4.39 Å². The third kappa shape index (κ3) is 1.55. The second-order valence-electron chi connectivity index (χ2n) is 4.11. The van der Waals surface area contributed by atoms with Crippen LogP contribution in [0.1, 0.15) is 36.5 Å². The van der Waals surface area contributed by atoms with Crippen LogP contribution in [0, 0.1) is 18.7 Å². The van der Waals surface area contributed by atoms with Gasteiger partial charge < -0.3 is 5.11 Å². The molecule has 1 saturated carbocycles. The summed E-state index contributed by atoms with van der Waals surface area (Å²) in [6.45, 7) is 1.73. The monoisotopic (exact) mass is 194 g/mol. The Morgan fingerprint density at radius 3 is 2.71 bits per heavy atom. The molecule has 1 fully saturated rings. The number of aryl methyl sites for hydroxylation is 1. The molecular weight excluding hydrogens is 179 g/mol. The summed E-state index contributed by atoms with van der Waals surface area (Å²) in [5.41, 5.74) is 1.08. The number of hydrogen-bond acceptors (Lipinski definition) is 1. The highest BCUT2D eigenvalue weighted by molar-refractivity contribution is 5.27. The van der Waals surface area contributed by atoms with Crippen molar-refractivity contribution in [2.75, 3.05) is 0 Å². The molecule has 1 atom stereocenters. The Hall–Kier alpha value is -0.890. The van der Waals surface area contributed by atoms with Crippen molar-refractivity contribution >= 4 is 0 Å². The summed E-state index contributed by atoms with van der Waals surface area (Å²) in [5, 5.41) is 9.91. The fraction of sp³-hybridized carbons (Fsp3) is 0.500. The number of halogens is 1. The lowest BCUT2D eigenvalue weighted by Gasteiger charge is -2.30. The summed E-state index contributed by atoms with van der Waals surface area (Å²) < 4.78 is 13.6. The molecule has 0 bridgehead atoms. The van der Waals surface area contributed by atoms with E-state index in [1.54, 1.807) is 25.1 Å². The minimum Gasteiger partial charge on any atom is -0.388 e. The van der Waals surface area contributed by atoms with Gasteiger partial charge >= 0.3 is 0 Å². The standard InChI is InChI=1S/C12H15FO/c1-8-4-2-7-10(11(8)13)12(14)9-5-3-6-9/h2,4,7,9,12,14H,3,5-6H2,1H3. The van der Waals surface area contributed by atoms with E-state index < -0.39 is 6.10 Å². The average molecular weight is 194 g/mol. The van der Waals surface area contributed by atoms with E-state index in [2.05, 4.69) is 0 Å². The zero-order chi connectivity index (χ0) is 10.1. The first-order valence-corrected chi connectivity index (χ1v) is 5.13. The van der Waals surface area contributed by atoms with Crippen LogP contribution in [0.25, 0.3) is 0 Å². The van der Waals surface area contributed by atoms with Crippen molar-refractivity contribution in [1.29, 1.82) is 0 Å². The third-order valence-electron chi connectivity index (χ3n) is 3.14. The van der Waals surface area contributed by atoms with Crippen molar-refractivity contribution < 1.29 is 9.50 Å². The van der Waals surface area contributed by atoms with Gasteiger partial charge in [-0.15, -0.1) is 0 Å². The average Bonchev–Trinajstić information content (AvgIpc) is 2.06. The summed E-state index contributed by atoms with van der Waals surface area (Å²) in [7, 11) is 0. The van der Waals surface area contributed by atoms with Crippen LogP contribution in [0.3, 0.4) is 0 Å². The van der Waals surface area contributed by atoms with Gasteiger partial charge in [-0.2, -0.15) is 0 Å². The van der Waals surface area contributed by atoms with E-state index in [1.807, 2.05) is 0 Å². The van der Waals surface area contributed by atoms with Crippen molar-refractivity contribution in [2.45, 2.75) is 32.3 Å². The normalized spacial score (nSPS) is 19.1. The molecule has 0 heterocycles. The number of rotatable bonds is 2. The molecule has 0 amide bonds. The number of hydrogen-bond donors (Lipinski definition) is 1. The second kappa shape index (κ2) is 3.70. The largest absolute Gasteiger partial charge is 0.388 e. The SMILES string of the molecule is Cc1cccc(C(O)C2CCC2)c1F. The molecule has 0 aliphatic heterocycles. The lowest BCUT2D eigenvalue weighted by Crippen LogP contribution is -2.21. The highest BCUT2D eigenvalue weighted by Gasteiger charge is 2.28. The highest BCUT2D eigenvalue weighted by atomic mass is 19.1. The number of benzene rings is 1. The Morgan fingerprint density at radius 2 is 2.14 bits per heavy atom. The van der Waals surface area contributed by atoms with Gasteiger partial charge in [0.15, 0.2) is 0 Å². The van der Waals surface area contributed by atoms with Crippen molar-refractivity contribution in [1.82, 2.24) is 0 Å². The molecule has 2 heteroatoms. The lowest BCUT2D eigenvalue weighted by atomic mass is 9.78. The van der Waals surface area contributed by atoms with E-state index in [9.17, 15) is 9.50 Å². The predicted molar refractivity (Wildman–Crippen MR) is 53.4 cm³/mol. The van der Waals surface area contributed by atoms with Crippen LogP contribution in [-0.4, -0.2) is 5.11 Å². The molecule has 1 aliphatic rings. The quantitative estimate of drug-likeness (QED) is 0.767. The molecule has 76 valence electrons. The van der Waals surface area contributed by atoms with E-state index in [0.29, 0.717) is 11.1 Å². The van der Waals surface area contributed by atoms with Gasteiger partial charge in [-0.05, 0) is 31.2 Å². The first kappa shape index (κ1) is 9.66. The van der Waals surface area contributed by atoms with Crippen LogP contribution in [0.4, 0.5) is 4.39 Å². The van der Waals surface area contributed by atoms with Crippen LogP contribution in [-0.2, 0) is 0 Å². The minimum absolute atomic E-state index is 0.244. The van der Waals surface area contributed by atoms with Gasteiger partial charge in [-0.1, -0.05) is 24.6 Å². The predicted octanol–water partition coefficient (Wildman–Crippen LogP) is 2.97. The van der Waals surface area contributed by atoms with Crippen LogP contribution in [0.5, 0.6) is 0 Å². The molecule has 0 spiro atoms. The molecule has 0 radical (unpaired) electrons. The van der Waals surface area contributed by atoms with Crippen LogP contribution >= 0.6 is 0 Å². The molecule has 1 nitrogen and oxygen atoms in total. The van der Waals surface area contributed by atoms with Crippen LogP contribution in [0.2, 0.25) is 0 Å². The first-order valence-electron chi connectivity index (χ1n) is 5.13. The third-order valence-corrected chi connectivity index (χ3v) is 3.14. The van der Waals surface area contributed by atoms with Gasteiger partial charge in [0.25, 0.3) is 0 Å². The maximum atomic E-state index is 13.6. The molecule has 2 rings (SSSR count). The Kier molecular flexibility index (Phi) is 2.55. The van der Waals surface area contributed by atoms with Crippen LogP contribution < -0.4 is 0 Å². The van der Waals surface area contributed by atoms with Crippen molar-refractivity contribution in [2.24, 2.45) is 5.92 Å². The molecule has 1 N–H and O–H groups in total. The lowest BCUT2D eigenvalue weighted by molar-refractivity contribution is 0.0591. The van der Waals surface area contributed by atoms with Crippen molar-refractivity contribution in [3.63, 3.8) is 0 Å². The van der Waals surface area contributed by atoms with Gasteiger partial charge in [0.05, 0.1) is 6.10 Å². The van der Waals surface area contributed by atoms with E-state index in [0.717, 1.165) is 19.3 Å².